The highest BCUT2D eigenvalue weighted by Gasteiger charge is 2.40. The molecule has 2 amide bonds. The summed E-state index contributed by atoms with van der Waals surface area (Å²) in [5.74, 6) is -1.18. The summed E-state index contributed by atoms with van der Waals surface area (Å²) in [6.07, 6.45) is 3.15. The molecular weight excluding hydrogens is 432 g/mol. The molecule has 180 valence electrons. The van der Waals surface area contributed by atoms with Crippen molar-refractivity contribution in [3.8, 4) is 11.1 Å². The average molecular weight is 465 g/mol. The summed E-state index contributed by atoms with van der Waals surface area (Å²) < 4.78 is 5.62. The molecule has 7 nitrogen and oxygen atoms in total. The smallest absolute Gasteiger partial charge is 0.407 e. The van der Waals surface area contributed by atoms with E-state index in [-0.39, 0.29) is 37.3 Å². The number of aliphatic carboxylic acids is 1. The van der Waals surface area contributed by atoms with Crippen LogP contribution in [0.1, 0.15) is 68.9 Å². The van der Waals surface area contributed by atoms with E-state index in [0.717, 1.165) is 24.0 Å². The lowest BCUT2D eigenvalue weighted by molar-refractivity contribution is -0.140. The van der Waals surface area contributed by atoms with Gasteiger partial charge in [-0.3, -0.25) is 9.59 Å². The summed E-state index contributed by atoms with van der Waals surface area (Å²) in [5.41, 5.74) is 3.97. The van der Waals surface area contributed by atoms with Gasteiger partial charge >= 0.3 is 12.1 Å². The van der Waals surface area contributed by atoms with Gasteiger partial charge in [0.25, 0.3) is 0 Å². The van der Waals surface area contributed by atoms with Gasteiger partial charge in [-0.2, -0.15) is 0 Å². The molecule has 34 heavy (non-hydrogen) atoms. The van der Waals surface area contributed by atoms with E-state index in [1.165, 1.54) is 11.1 Å². The molecule has 2 aromatic rings. The van der Waals surface area contributed by atoms with E-state index in [4.69, 9.17) is 9.84 Å². The summed E-state index contributed by atoms with van der Waals surface area (Å²) in [4.78, 5) is 36.5. The highest BCUT2D eigenvalue weighted by molar-refractivity contribution is 5.80. The molecule has 0 bridgehead atoms. The second-order valence-electron chi connectivity index (χ2n) is 9.41. The van der Waals surface area contributed by atoms with Crippen LogP contribution in [0, 0.1) is 0 Å². The Kier molecular flexibility index (Phi) is 7.20. The third-order valence-corrected chi connectivity index (χ3v) is 6.94. The lowest BCUT2D eigenvalue weighted by atomic mass is 9.74. The van der Waals surface area contributed by atoms with E-state index in [0.29, 0.717) is 19.3 Å². The first-order chi connectivity index (χ1) is 16.4. The monoisotopic (exact) mass is 464 g/mol. The Balaban J connectivity index is 1.34. The quantitative estimate of drug-likeness (QED) is 0.477. The van der Waals surface area contributed by atoms with Crippen molar-refractivity contribution in [1.29, 1.82) is 0 Å². The van der Waals surface area contributed by atoms with E-state index >= 15 is 0 Å². The van der Waals surface area contributed by atoms with E-state index in [1.807, 2.05) is 31.2 Å². The number of hydrogen-bond donors (Lipinski definition) is 3. The van der Waals surface area contributed by atoms with E-state index in [1.54, 1.807) is 0 Å². The minimum Gasteiger partial charge on any atom is -0.481 e. The molecule has 1 atom stereocenters. The van der Waals surface area contributed by atoms with Gasteiger partial charge in [-0.25, -0.2) is 4.79 Å². The minimum atomic E-state index is -0.915. The van der Waals surface area contributed by atoms with Gasteiger partial charge in [0.2, 0.25) is 5.91 Å². The lowest BCUT2D eigenvalue weighted by Gasteiger charge is -2.41. The zero-order valence-electron chi connectivity index (χ0n) is 19.5. The zero-order valence-corrected chi connectivity index (χ0v) is 19.5. The molecule has 2 aliphatic carbocycles. The summed E-state index contributed by atoms with van der Waals surface area (Å²) in [6.45, 7) is 2.20. The Labute approximate surface area is 199 Å². The van der Waals surface area contributed by atoms with E-state index in [9.17, 15) is 14.4 Å². The Morgan fingerprint density at radius 1 is 1.06 bits per heavy atom. The number of benzene rings is 2. The normalized spacial score (nSPS) is 16.5. The molecule has 7 heteroatoms. The molecule has 0 aromatic heterocycles. The van der Waals surface area contributed by atoms with Gasteiger partial charge in [0.15, 0.2) is 0 Å². The van der Waals surface area contributed by atoms with Crippen LogP contribution in [0.4, 0.5) is 4.79 Å². The van der Waals surface area contributed by atoms with Crippen LogP contribution in [0.15, 0.2) is 48.5 Å². The Morgan fingerprint density at radius 3 is 2.21 bits per heavy atom. The van der Waals surface area contributed by atoms with Crippen molar-refractivity contribution in [2.24, 2.45) is 0 Å². The highest BCUT2D eigenvalue weighted by atomic mass is 16.5. The number of ether oxygens (including phenoxy) is 1. The van der Waals surface area contributed by atoms with E-state index < -0.39 is 17.6 Å². The fourth-order valence-electron chi connectivity index (χ4n) is 5.19. The fourth-order valence-corrected chi connectivity index (χ4v) is 5.19. The number of carbonyl (C=O) groups is 3. The number of carboxylic acids is 1. The highest BCUT2D eigenvalue weighted by Crippen LogP contribution is 2.44. The lowest BCUT2D eigenvalue weighted by Crippen LogP contribution is -2.55. The third kappa shape index (κ3) is 5.24. The molecule has 0 radical (unpaired) electrons. The molecule has 0 spiro atoms. The molecule has 1 saturated carbocycles. The first kappa shape index (κ1) is 23.8. The van der Waals surface area contributed by atoms with Crippen LogP contribution in [0.5, 0.6) is 0 Å². The summed E-state index contributed by atoms with van der Waals surface area (Å²) >= 11 is 0. The molecule has 0 saturated heterocycles. The second kappa shape index (κ2) is 10.3. The number of alkyl carbamates (subject to hydrolysis) is 1. The van der Waals surface area contributed by atoms with Crippen molar-refractivity contribution < 1.29 is 24.2 Å². The minimum absolute atomic E-state index is 0.0273. The van der Waals surface area contributed by atoms with Gasteiger partial charge in [0.05, 0.1) is 12.0 Å². The molecule has 0 aliphatic heterocycles. The molecule has 0 unspecified atom stereocenters. The van der Waals surface area contributed by atoms with Gasteiger partial charge in [-0.15, -0.1) is 0 Å². The number of amides is 2. The summed E-state index contributed by atoms with van der Waals surface area (Å²) in [6, 6.07) is 15.9. The van der Waals surface area contributed by atoms with Crippen LogP contribution >= 0.6 is 0 Å². The van der Waals surface area contributed by atoms with Crippen LogP contribution in [0.2, 0.25) is 0 Å². The molecule has 1 fully saturated rings. The SMILES string of the molecule is CCC[C@H](CC(=O)NC1(CC(=O)O)CCC1)NC(=O)OCC1c2ccccc2-c2ccccc21. The van der Waals surface area contributed by atoms with Gasteiger partial charge < -0.3 is 20.5 Å². The average Bonchev–Trinajstić information content (AvgIpc) is 3.10. The number of rotatable bonds is 10. The number of nitrogens with one attached hydrogen (secondary N) is 2. The Bertz CT molecular complexity index is 1020. The third-order valence-electron chi connectivity index (χ3n) is 6.94. The summed E-state index contributed by atoms with van der Waals surface area (Å²) in [5, 5.41) is 14.9. The number of hydrogen-bond acceptors (Lipinski definition) is 4. The Hall–Kier alpha value is -3.35. The molecule has 2 aliphatic rings. The molecule has 0 heterocycles. The largest absolute Gasteiger partial charge is 0.481 e. The molecule has 3 N–H and O–H groups in total. The maximum atomic E-state index is 12.6. The van der Waals surface area contributed by atoms with Crippen molar-refractivity contribution >= 4 is 18.0 Å². The maximum Gasteiger partial charge on any atom is 0.407 e. The predicted octanol–water partition coefficient (Wildman–Crippen LogP) is 4.60. The van der Waals surface area contributed by atoms with Crippen LogP contribution in [0.25, 0.3) is 11.1 Å². The molecule has 2 aromatic carbocycles. The van der Waals surface area contributed by atoms with Gasteiger partial charge in [0, 0.05) is 18.4 Å². The topological polar surface area (TPSA) is 105 Å². The van der Waals surface area contributed by atoms with Crippen molar-refractivity contribution in [2.45, 2.75) is 69.4 Å². The number of carboxylic acid groups (broad SMARTS) is 1. The second-order valence-corrected chi connectivity index (χ2v) is 9.41. The molecular formula is C27H32N2O5. The van der Waals surface area contributed by atoms with Gasteiger partial charge in [0.1, 0.15) is 6.61 Å². The van der Waals surface area contributed by atoms with Crippen molar-refractivity contribution in [3.63, 3.8) is 0 Å². The standard InChI is InChI=1S/C27H32N2O5/c1-2-8-18(15-24(30)29-27(13-7-14-27)16-25(31)32)28-26(33)34-17-23-21-11-5-3-9-19(21)20-10-4-6-12-22(20)23/h3-6,9-12,18,23H,2,7-8,13-17H2,1H3,(H,28,33)(H,29,30)(H,31,32)/t18-/m1/s1. The maximum absolute atomic E-state index is 12.6. The fraction of sp³-hybridized carbons (Fsp3) is 0.444. The van der Waals surface area contributed by atoms with Crippen LogP contribution in [-0.4, -0.2) is 41.3 Å². The van der Waals surface area contributed by atoms with Gasteiger partial charge in [-0.05, 0) is 47.9 Å². The predicted molar refractivity (Wildman–Crippen MR) is 128 cm³/mol. The van der Waals surface area contributed by atoms with Crippen LogP contribution in [-0.2, 0) is 14.3 Å². The first-order valence-electron chi connectivity index (χ1n) is 12.0. The molecule has 4 rings (SSSR count). The number of fused-ring (bicyclic) bond motifs is 3. The number of carbonyl (C=O) groups excluding carboxylic acids is 2. The van der Waals surface area contributed by atoms with Crippen LogP contribution in [0.3, 0.4) is 0 Å². The Morgan fingerprint density at radius 2 is 1.68 bits per heavy atom. The van der Waals surface area contributed by atoms with Crippen LogP contribution < -0.4 is 10.6 Å². The summed E-state index contributed by atoms with van der Waals surface area (Å²) in [7, 11) is 0. The van der Waals surface area contributed by atoms with E-state index in [2.05, 4.69) is 34.9 Å². The zero-order chi connectivity index (χ0) is 24.1. The first-order valence-corrected chi connectivity index (χ1v) is 12.0. The van der Waals surface area contributed by atoms with Crippen molar-refractivity contribution in [3.05, 3.63) is 59.7 Å². The van der Waals surface area contributed by atoms with Gasteiger partial charge in [-0.1, -0.05) is 61.9 Å². The van der Waals surface area contributed by atoms with Crippen molar-refractivity contribution in [2.75, 3.05) is 6.61 Å². The van der Waals surface area contributed by atoms with Crippen molar-refractivity contribution in [1.82, 2.24) is 10.6 Å².